The number of benzene rings is 2. The van der Waals surface area contributed by atoms with E-state index in [1.54, 1.807) is 32.9 Å². The number of aryl methyl sites for hydroxylation is 1. The maximum Gasteiger partial charge on any atom is 0.255 e. The second-order valence-electron chi connectivity index (χ2n) is 6.48. The molecule has 0 saturated heterocycles. The summed E-state index contributed by atoms with van der Waals surface area (Å²) in [5.41, 5.74) is 1.60. The monoisotopic (exact) mass is 439 g/mol. The van der Waals surface area contributed by atoms with Gasteiger partial charge in [0.1, 0.15) is 0 Å². The molecular weight excluding hydrogens is 414 g/mol. The van der Waals surface area contributed by atoms with Crippen molar-refractivity contribution < 1.29 is 21.6 Å². The van der Waals surface area contributed by atoms with E-state index in [1.165, 1.54) is 34.6 Å². The van der Waals surface area contributed by atoms with Crippen LogP contribution in [-0.2, 0) is 20.0 Å². The molecule has 2 aromatic carbocycles. The Kier molecular flexibility index (Phi) is 7.04. The van der Waals surface area contributed by atoms with E-state index in [0.717, 1.165) is 6.26 Å². The lowest BCUT2D eigenvalue weighted by Crippen LogP contribution is -2.30. The van der Waals surface area contributed by atoms with Crippen LogP contribution in [0.2, 0.25) is 0 Å². The van der Waals surface area contributed by atoms with Gasteiger partial charge in [-0.15, -0.1) is 0 Å². The van der Waals surface area contributed by atoms with Gasteiger partial charge in [-0.05, 0) is 42.8 Å². The number of sulfonamides is 2. The molecule has 29 heavy (non-hydrogen) atoms. The second kappa shape index (κ2) is 8.93. The van der Waals surface area contributed by atoms with Crippen molar-refractivity contribution in [1.29, 1.82) is 0 Å². The van der Waals surface area contributed by atoms with E-state index in [2.05, 4.69) is 10.0 Å². The van der Waals surface area contributed by atoms with Gasteiger partial charge >= 0.3 is 0 Å². The highest BCUT2D eigenvalue weighted by Crippen LogP contribution is 2.22. The maximum absolute atomic E-state index is 12.7. The van der Waals surface area contributed by atoms with Crippen molar-refractivity contribution >= 4 is 37.3 Å². The molecule has 0 aliphatic carbocycles. The fourth-order valence-electron chi connectivity index (χ4n) is 2.72. The van der Waals surface area contributed by atoms with Gasteiger partial charge in [0, 0.05) is 24.3 Å². The largest absolute Gasteiger partial charge is 0.322 e. The van der Waals surface area contributed by atoms with E-state index in [1.807, 2.05) is 0 Å². The standard InChI is InChI=1S/C19H25N3O5S2/c1-5-22(6-2)29(26,27)17-9-7-8-15(12-17)19(23)20-16-11-10-14(3)18(13-16)21-28(4,24)25/h7-13,21H,5-6H2,1-4H3,(H,20,23). The van der Waals surface area contributed by atoms with Crippen molar-refractivity contribution in [2.45, 2.75) is 25.7 Å². The molecule has 2 rings (SSSR count). The maximum atomic E-state index is 12.7. The van der Waals surface area contributed by atoms with E-state index in [4.69, 9.17) is 0 Å². The van der Waals surface area contributed by atoms with E-state index >= 15 is 0 Å². The van der Waals surface area contributed by atoms with Gasteiger partial charge in [-0.1, -0.05) is 26.0 Å². The summed E-state index contributed by atoms with van der Waals surface area (Å²) in [6.45, 7) is 5.89. The predicted molar refractivity (Wildman–Crippen MR) is 114 cm³/mol. The molecular formula is C19H25N3O5S2. The minimum atomic E-state index is -3.69. The van der Waals surface area contributed by atoms with Gasteiger partial charge in [0.25, 0.3) is 5.91 Å². The molecule has 0 spiro atoms. The number of anilines is 2. The molecule has 10 heteroatoms. The van der Waals surface area contributed by atoms with Crippen LogP contribution in [0.5, 0.6) is 0 Å². The van der Waals surface area contributed by atoms with Gasteiger partial charge < -0.3 is 5.32 Å². The Bertz CT molecular complexity index is 1110. The molecule has 0 bridgehead atoms. The van der Waals surface area contributed by atoms with Crippen LogP contribution in [0.15, 0.2) is 47.4 Å². The molecule has 0 saturated carbocycles. The van der Waals surface area contributed by atoms with Crippen molar-refractivity contribution in [2.24, 2.45) is 0 Å². The van der Waals surface area contributed by atoms with Gasteiger partial charge in [-0.3, -0.25) is 9.52 Å². The average Bonchev–Trinajstić information content (AvgIpc) is 2.64. The molecule has 0 unspecified atom stereocenters. The number of nitrogens with zero attached hydrogens (tertiary/aromatic N) is 1. The summed E-state index contributed by atoms with van der Waals surface area (Å²) in [7, 11) is -7.15. The smallest absolute Gasteiger partial charge is 0.255 e. The summed E-state index contributed by atoms with van der Waals surface area (Å²) in [6.07, 6.45) is 1.04. The molecule has 2 N–H and O–H groups in total. The zero-order valence-corrected chi connectivity index (χ0v) is 18.4. The minimum Gasteiger partial charge on any atom is -0.322 e. The Hall–Kier alpha value is -2.43. The molecule has 8 nitrogen and oxygen atoms in total. The van der Waals surface area contributed by atoms with Gasteiger partial charge in [-0.2, -0.15) is 4.31 Å². The van der Waals surface area contributed by atoms with Crippen LogP contribution in [0.25, 0.3) is 0 Å². The number of hydrogen-bond donors (Lipinski definition) is 2. The third-order valence-corrected chi connectivity index (χ3v) is 6.87. The van der Waals surface area contributed by atoms with E-state index in [-0.39, 0.29) is 10.5 Å². The first-order valence-corrected chi connectivity index (χ1v) is 12.3. The van der Waals surface area contributed by atoms with E-state index < -0.39 is 26.0 Å². The first-order valence-electron chi connectivity index (χ1n) is 8.98. The summed E-state index contributed by atoms with van der Waals surface area (Å²) < 4.78 is 52.0. The molecule has 158 valence electrons. The zero-order valence-electron chi connectivity index (χ0n) is 16.8. The van der Waals surface area contributed by atoms with Crippen molar-refractivity contribution in [3.05, 3.63) is 53.6 Å². The van der Waals surface area contributed by atoms with Gasteiger partial charge in [0.15, 0.2) is 0 Å². The highest BCUT2D eigenvalue weighted by molar-refractivity contribution is 7.92. The fourth-order valence-corrected chi connectivity index (χ4v) is 4.85. The average molecular weight is 440 g/mol. The Labute approximate surface area is 172 Å². The van der Waals surface area contributed by atoms with Crippen LogP contribution in [0.3, 0.4) is 0 Å². The fraction of sp³-hybridized carbons (Fsp3) is 0.316. The summed E-state index contributed by atoms with van der Waals surface area (Å²) in [5, 5.41) is 2.67. The molecule has 0 radical (unpaired) electrons. The molecule has 2 aromatic rings. The SMILES string of the molecule is CCN(CC)S(=O)(=O)c1cccc(C(=O)Nc2ccc(C)c(NS(C)(=O)=O)c2)c1. The van der Waals surface area contributed by atoms with E-state index in [0.29, 0.717) is 30.0 Å². The third-order valence-electron chi connectivity index (χ3n) is 4.23. The Balaban J connectivity index is 2.30. The van der Waals surface area contributed by atoms with Crippen LogP contribution in [0.4, 0.5) is 11.4 Å². The predicted octanol–water partition coefficient (Wildman–Crippen LogP) is 2.65. The van der Waals surface area contributed by atoms with Crippen LogP contribution < -0.4 is 10.0 Å². The molecule has 0 fully saturated rings. The summed E-state index contributed by atoms with van der Waals surface area (Å²) in [5.74, 6) is -0.504. The molecule has 0 atom stereocenters. The Morgan fingerprint density at radius 2 is 1.66 bits per heavy atom. The Morgan fingerprint density at radius 3 is 2.24 bits per heavy atom. The third kappa shape index (κ3) is 5.78. The number of rotatable bonds is 8. The molecule has 0 aromatic heterocycles. The van der Waals surface area contributed by atoms with Crippen molar-refractivity contribution in [1.82, 2.24) is 4.31 Å². The second-order valence-corrected chi connectivity index (χ2v) is 10.2. The minimum absolute atomic E-state index is 0.0391. The number of amides is 1. The van der Waals surface area contributed by atoms with Crippen LogP contribution in [-0.4, -0.2) is 46.4 Å². The zero-order chi connectivity index (χ0) is 21.8. The lowest BCUT2D eigenvalue weighted by atomic mass is 10.1. The van der Waals surface area contributed by atoms with Gasteiger partial charge in [-0.25, -0.2) is 16.8 Å². The first-order chi connectivity index (χ1) is 13.5. The summed E-state index contributed by atoms with van der Waals surface area (Å²) >= 11 is 0. The summed E-state index contributed by atoms with van der Waals surface area (Å²) in [6, 6.07) is 10.6. The molecule has 1 amide bonds. The van der Waals surface area contributed by atoms with Crippen molar-refractivity contribution in [2.75, 3.05) is 29.4 Å². The number of carbonyl (C=O) groups is 1. The quantitative estimate of drug-likeness (QED) is 0.657. The van der Waals surface area contributed by atoms with Gasteiger partial charge in [0.2, 0.25) is 20.0 Å². The van der Waals surface area contributed by atoms with Crippen LogP contribution in [0, 0.1) is 6.92 Å². The Morgan fingerprint density at radius 1 is 1.00 bits per heavy atom. The molecule has 0 heterocycles. The highest BCUT2D eigenvalue weighted by atomic mass is 32.2. The lowest BCUT2D eigenvalue weighted by Gasteiger charge is -2.18. The number of nitrogens with one attached hydrogen (secondary N) is 2. The van der Waals surface area contributed by atoms with Crippen LogP contribution >= 0.6 is 0 Å². The van der Waals surface area contributed by atoms with Crippen LogP contribution in [0.1, 0.15) is 29.8 Å². The van der Waals surface area contributed by atoms with Crippen molar-refractivity contribution in [3.63, 3.8) is 0 Å². The molecule has 0 aliphatic heterocycles. The summed E-state index contributed by atoms with van der Waals surface area (Å²) in [4.78, 5) is 12.7. The normalized spacial score (nSPS) is 12.0. The highest BCUT2D eigenvalue weighted by Gasteiger charge is 2.22. The topological polar surface area (TPSA) is 113 Å². The van der Waals surface area contributed by atoms with E-state index in [9.17, 15) is 21.6 Å². The lowest BCUT2D eigenvalue weighted by molar-refractivity contribution is 0.102. The number of hydrogen-bond acceptors (Lipinski definition) is 5. The van der Waals surface area contributed by atoms with Crippen molar-refractivity contribution in [3.8, 4) is 0 Å². The molecule has 0 aliphatic rings. The van der Waals surface area contributed by atoms with Gasteiger partial charge in [0.05, 0.1) is 16.8 Å². The number of carbonyl (C=O) groups excluding carboxylic acids is 1. The first kappa shape index (κ1) is 22.9.